The van der Waals surface area contributed by atoms with Crippen LogP contribution in [0.3, 0.4) is 0 Å². The molecule has 1 aliphatic heterocycles. The molecule has 1 N–H and O–H groups in total. The molecule has 7 heteroatoms. The minimum atomic E-state index is -0.226. The van der Waals surface area contributed by atoms with Crippen molar-refractivity contribution in [2.45, 2.75) is 24.8 Å². The van der Waals surface area contributed by atoms with Crippen LogP contribution in [0.25, 0.3) is 0 Å². The Balaban J connectivity index is 1.49. The van der Waals surface area contributed by atoms with Crippen LogP contribution in [-0.4, -0.2) is 64.0 Å². The van der Waals surface area contributed by atoms with Gasteiger partial charge in [0.05, 0.1) is 19.8 Å². The zero-order chi connectivity index (χ0) is 18.5. The molecular formula is C19H27ClFN3O2. The van der Waals surface area contributed by atoms with Crippen LogP contribution in [-0.2, 0) is 9.47 Å². The van der Waals surface area contributed by atoms with E-state index in [0.29, 0.717) is 29.7 Å². The number of halogens is 2. The van der Waals surface area contributed by atoms with Gasteiger partial charge in [0.15, 0.2) is 5.96 Å². The van der Waals surface area contributed by atoms with Crippen molar-refractivity contribution in [1.82, 2.24) is 10.2 Å². The summed E-state index contributed by atoms with van der Waals surface area (Å²) in [7, 11) is 3.47. The predicted molar refractivity (Wildman–Crippen MR) is 101 cm³/mol. The van der Waals surface area contributed by atoms with Crippen LogP contribution in [0.2, 0.25) is 5.02 Å². The first-order chi connectivity index (χ1) is 12.6. The molecule has 1 heterocycles. The Kier molecular flexibility index (Phi) is 6.73. The number of hydrogen-bond donors (Lipinski definition) is 1. The number of benzene rings is 1. The minimum absolute atomic E-state index is 0.108. The van der Waals surface area contributed by atoms with E-state index in [4.69, 9.17) is 21.1 Å². The summed E-state index contributed by atoms with van der Waals surface area (Å²) in [6.45, 7) is 3.88. The average molecular weight is 384 g/mol. The van der Waals surface area contributed by atoms with E-state index in [1.165, 1.54) is 6.07 Å². The summed E-state index contributed by atoms with van der Waals surface area (Å²) in [4.78, 5) is 6.66. The molecule has 144 valence electrons. The lowest BCUT2D eigenvalue weighted by Crippen LogP contribution is -2.41. The van der Waals surface area contributed by atoms with E-state index in [2.05, 4.69) is 15.2 Å². The van der Waals surface area contributed by atoms with Crippen LogP contribution in [0.15, 0.2) is 23.2 Å². The number of rotatable bonds is 7. The number of guanidine groups is 1. The van der Waals surface area contributed by atoms with E-state index in [0.717, 1.165) is 38.5 Å². The number of ether oxygens (including phenoxy) is 2. The quantitative estimate of drug-likeness (QED) is 0.447. The van der Waals surface area contributed by atoms with Crippen molar-refractivity contribution in [3.05, 3.63) is 34.6 Å². The molecule has 0 spiro atoms. The summed E-state index contributed by atoms with van der Waals surface area (Å²) in [6.07, 6.45) is 1.96. The number of nitrogens with zero attached hydrogens (tertiary/aromatic N) is 2. The Morgan fingerprint density at radius 2 is 2.27 bits per heavy atom. The first-order valence-electron chi connectivity index (χ1n) is 9.13. The number of aliphatic imine (C=N–C) groups is 1. The standard InChI is InChI=1S/C19H27ClFN3O2/c1-22-19(24-7-6-13(11-24)12-26-9-8-25-2)23-17-10-14(17)18-15(20)4-3-5-16(18)21/h3-5,13-14,17H,6-12H2,1-2H3,(H,22,23). The fraction of sp³-hybridized carbons (Fsp3) is 0.632. The van der Waals surface area contributed by atoms with E-state index < -0.39 is 0 Å². The van der Waals surface area contributed by atoms with Crippen LogP contribution < -0.4 is 5.32 Å². The van der Waals surface area contributed by atoms with Gasteiger partial charge >= 0.3 is 0 Å². The molecule has 1 saturated carbocycles. The van der Waals surface area contributed by atoms with Crippen LogP contribution in [0, 0.1) is 11.7 Å². The van der Waals surface area contributed by atoms with E-state index in [-0.39, 0.29) is 17.8 Å². The van der Waals surface area contributed by atoms with Crippen LogP contribution in [0.1, 0.15) is 24.3 Å². The van der Waals surface area contributed by atoms with E-state index >= 15 is 0 Å². The maximum Gasteiger partial charge on any atom is 0.193 e. The molecule has 3 unspecified atom stereocenters. The molecule has 0 aromatic heterocycles. The fourth-order valence-corrected chi connectivity index (χ4v) is 3.86. The average Bonchev–Trinajstić information content (AvgIpc) is 3.21. The van der Waals surface area contributed by atoms with Gasteiger partial charge in [-0.05, 0) is 25.0 Å². The third kappa shape index (κ3) is 4.67. The Hall–Kier alpha value is -1.37. The monoisotopic (exact) mass is 383 g/mol. The van der Waals surface area contributed by atoms with Gasteiger partial charge in [-0.1, -0.05) is 17.7 Å². The van der Waals surface area contributed by atoms with Gasteiger partial charge in [0.2, 0.25) is 0 Å². The highest BCUT2D eigenvalue weighted by Gasteiger charge is 2.42. The van der Waals surface area contributed by atoms with Gasteiger partial charge in [0, 0.05) is 55.7 Å². The summed E-state index contributed by atoms with van der Waals surface area (Å²) in [6, 6.07) is 5.04. The molecule has 1 aromatic rings. The maximum absolute atomic E-state index is 14.1. The molecule has 26 heavy (non-hydrogen) atoms. The van der Waals surface area contributed by atoms with E-state index in [9.17, 15) is 4.39 Å². The maximum atomic E-state index is 14.1. The van der Waals surface area contributed by atoms with E-state index in [1.54, 1.807) is 26.3 Å². The Labute approximate surface area is 159 Å². The Bertz CT molecular complexity index is 623. The third-order valence-electron chi connectivity index (χ3n) is 5.06. The highest BCUT2D eigenvalue weighted by molar-refractivity contribution is 6.31. The highest BCUT2D eigenvalue weighted by Crippen LogP contribution is 2.45. The highest BCUT2D eigenvalue weighted by atomic mass is 35.5. The summed E-state index contributed by atoms with van der Waals surface area (Å²) >= 11 is 6.19. The van der Waals surface area contributed by atoms with Crippen LogP contribution in [0.4, 0.5) is 4.39 Å². The third-order valence-corrected chi connectivity index (χ3v) is 5.39. The van der Waals surface area contributed by atoms with Crippen molar-refractivity contribution < 1.29 is 13.9 Å². The van der Waals surface area contributed by atoms with Crippen molar-refractivity contribution in [2.75, 3.05) is 47.1 Å². The van der Waals surface area contributed by atoms with Crippen molar-refractivity contribution in [3.8, 4) is 0 Å². The van der Waals surface area contributed by atoms with E-state index in [1.807, 2.05) is 0 Å². The molecule has 5 nitrogen and oxygen atoms in total. The van der Waals surface area contributed by atoms with Gasteiger partial charge < -0.3 is 19.7 Å². The van der Waals surface area contributed by atoms with Crippen molar-refractivity contribution >= 4 is 17.6 Å². The van der Waals surface area contributed by atoms with Gasteiger partial charge in [-0.2, -0.15) is 0 Å². The number of nitrogens with one attached hydrogen (secondary N) is 1. The van der Waals surface area contributed by atoms with Gasteiger partial charge in [0.1, 0.15) is 5.82 Å². The largest absolute Gasteiger partial charge is 0.382 e. The summed E-state index contributed by atoms with van der Waals surface area (Å²) in [5.41, 5.74) is 0.618. The predicted octanol–water partition coefficient (Wildman–Crippen LogP) is 2.90. The zero-order valence-corrected chi connectivity index (χ0v) is 16.1. The van der Waals surface area contributed by atoms with Crippen LogP contribution in [0.5, 0.6) is 0 Å². The topological polar surface area (TPSA) is 46.1 Å². The number of likely N-dealkylation sites (tertiary alicyclic amines) is 1. The molecule has 0 amide bonds. The number of hydrogen-bond acceptors (Lipinski definition) is 3. The lowest BCUT2D eigenvalue weighted by molar-refractivity contribution is 0.0536. The molecule has 0 bridgehead atoms. The number of methoxy groups -OCH3 is 1. The molecule has 1 aromatic carbocycles. The SMILES string of the molecule is CN=C(NC1CC1c1c(F)cccc1Cl)N1CCC(COCCOC)C1. The second kappa shape index (κ2) is 9.02. The van der Waals surface area contributed by atoms with Crippen molar-refractivity contribution in [3.63, 3.8) is 0 Å². The molecule has 1 saturated heterocycles. The zero-order valence-electron chi connectivity index (χ0n) is 15.4. The molecule has 0 radical (unpaired) electrons. The fourth-order valence-electron chi connectivity index (χ4n) is 3.55. The van der Waals surface area contributed by atoms with Crippen molar-refractivity contribution in [2.24, 2.45) is 10.9 Å². The Morgan fingerprint density at radius 3 is 3.00 bits per heavy atom. The molecular weight excluding hydrogens is 357 g/mol. The van der Waals surface area contributed by atoms with Gasteiger partial charge in [-0.3, -0.25) is 4.99 Å². The summed E-state index contributed by atoms with van der Waals surface area (Å²) in [5, 5.41) is 3.98. The lowest BCUT2D eigenvalue weighted by atomic mass is 10.1. The minimum Gasteiger partial charge on any atom is -0.382 e. The van der Waals surface area contributed by atoms with Gasteiger partial charge in [-0.15, -0.1) is 0 Å². The lowest BCUT2D eigenvalue weighted by Gasteiger charge is -2.22. The molecule has 2 aliphatic rings. The van der Waals surface area contributed by atoms with Crippen molar-refractivity contribution in [1.29, 1.82) is 0 Å². The van der Waals surface area contributed by atoms with Gasteiger partial charge in [0.25, 0.3) is 0 Å². The van der Waals surface area contributed by atoms with Crippen LogP contribution >= 0.6 is 11.6 Å². The van der Waals surface area contributed by atoms with Gasteiger partial charge in [-0.25, -0.2) is 4.39 Å². The normalized spacial score (nSPS) is 25.6. The first kappa shape index (κ1) is 19.4. The second-order valence-corrected chi connectivity index (χ2v) is 7.35. The summed E-state index contributed by atoms with van der Waals surface area (Å²) in [5.74, 6) is 1.26. The smallest absolute Gasteiger partial charge is 0.193 e. The molecule has 2 fully saturated rings. The first-order valence-corrected chi connectivity index (χ1v) is 9.50. The molecule has 3 rings (SSSR count). The second-order valence-electron chi connectivity index (χ2n) is 6.94. The molecule has 3 atom stereocenters. The Morgan fingerprint density at radius 1 is 1.42 bits per heavy atom. The molecule has 1 aliphatic carbocycles. The summed E-state index contributed by atoms with van der Waals surface area (Å²) < 4.78 is 24.7.